The Bertz CT molecular complexity index is 367. The SMILES string of the molecule is Cc1ccc(Br)c(C)c1CC1CCNCC1. The summed E-state index contributed by atoms with van der Waals surface area (Å²) in [6.45, 7) is 6.84. The molecule has 2 heteroatoms. The molecule has 88 valence electrons. The zero-order chi connectivity index (χ0) is 11.5. The van der Waals surface area contributed by atoms with Crippen LogP contribution in [0.15, 0.2) is 16.6 Å². The van der Waals surface area contributed by atoms with Crippen LogP contribution in [0, 0.1) is 19.8 Å². The molecule has 16 heavy (non-hydrogen) atoms. The highest BCUT2D eigenvalue weighted by Gasteiger charge is 2.16. The smallest absolute Gasteiger partial charge is 0.0207 e. The van der Waals surface area contributed by atoms with E-state index in [-0.39, 0.29) is 0 Å². The predicted molar refractivity (Wildman–Crippen MR) is 72.9 cm³/mol. The third kappa shape index (κ3) is 2.67. The quantitative estimate of drug-likeness (QED) is 0.873. The van der Waals surface area contributed by atoms with E-state index in [9.17, 15) is 0 Å². The van der Waals surface area contributed by atoms with Gasteiger partial charge in [0.1, 0.15) is 0 Å². The molecule has 2 rings (SSSR count). The van der Waals surface area contributed by atoms with E-state index in [2.05, 4.69) is 47.2 Å². The van der Waals surface area contributed by atoms with Gasteiger partial charge in [-0.15, -0.1) is 0 Å². The lowest BCUT2D eigenvalue weighted by molar-refractivity contribution is 0.372. The molecular formula is C14H20BrN. The highest BCUT2D eigenvalue weighted by molar-refractivity contribution is 9.10. The van der Waals surface area contributed by atoms with Crippen LogP contribution in [-0.2, 0) is 6.42 Å². The summed E-state index contributed by atoms with van der Waals surface area (Å²) in [6.07, 6.45) is 3.90. The zero-order valence-corrected chi connectivity index (χ0v) is 11.7. The molecule has 0 spiro atoms. The molecule has 0 radical (unpaired) electrons. The minimum Gasteiger partial charge on any atom is -0.317 e. The van der Waals surface area contributed by atoms with Crippen molar-refractivity contribution in [2.75, 3.05) is 13.1 Å². The number of aryl methyl sites for hydroxylation is 1. The number of hydrogen-bond donors (Lipinski definition) is 1. The monoisotopic (exact) mass is 281 g/mol. The first-order valence-electron chi connectivity index (χ1n) is 6.14. The van der Waals surface area contributed by atoms with Crippen LogP contribution in [0.3, 0.4) is 0 Å². The summed E-state index contributed by atoms with van der Waals surface area (Å²) in [5.74, 6) is 0.868. The highest BCUT2D eigenvalue weighted by atomic mass is 79.9. The minimum absolute atomic E-state index is 0.868. The van der Waals surface area contributed by atoms with Crippen molar-refractivity contribution < 1.29 is 0 Å². The van der Waals surface area contributed by atoms with Crippen LogP contribution in [0.4, 0.5) is 0 Å². The van der Waals surface area contributed by atoms with E-state index in [0.717, 1.165) is 5.92 Å². The van der Waals surface area contributed by atoms with Gasteiger partial charge in [0.15, 0.2) is 0 Å². The maximum absolute atomic E-state index is 3.63. The van der Waals surface area contributed by atoms with Crippen LogP contribution in [0.5, 0.6) is 0 Å². The Morgan fingerprint density at radius 1 is 1.25 bits per heavy atom. The molecule has 1 fully saturated rings. The van der Waals surface area contributed by atoms with Crippen LogP contribution >= 0.6 is 15.9 Å². The fourth-order valence-electron chi connectivity index (χ4n) is 2.55. The van der Waals surface area contributed by atoms with Crippen LogP contribution in [0.25, 0.3) is 0 Å². The lowest BCUT2D eigenvalue weighted by Gasteiger charge is -2.24. The Morgan fingerprint density at radius 3 is 2.62 bits per heavy atom. The Kier molecular flexibility index (Phi) is 4.04. The third-order valence-electron chi connectivity index (χ3n) is 3.72. The van der Waals surface area contributed by atoms with Gasteiger partial charge in [0.25, 0.3) is 0 Å². The number of rotatable bonds is 2. The minimum atomic E-state index is 0.868. The molecule has 0 atom stereocenters. The molecule has 0 aromatic heterocycles. The summed E-state index contributed by atoms with van der Waals surface area (Å²) < 4.78 is 1.25. The Labute approximate surface area is 107 Å². The van der Waals surface area contributed by atoms with Gasteiger partial charge in [-0.3, -0.25) is 0 Å². The molecule has 1 aliphatic rings. The average Bonchev–Trinajstić information content (AvgIpc) is 2.31. The van der Waals surface area contributed by atoms with Gasteiger partial charge in [-0.2, -0.15) is 0 Å². The molecule has 0 unspecified atom stereocenters. The fraction of sp³-hybridized carbons (Fsp3) is 0.571. The first-order valence-corrected chi connectivity index (χ1v) is 6.93. The van der Waals surface area contributed by atoms with Crippen LogP contribution in [0.2, 0.25) is 0 Å². The molecule has 0 bridgehead atoms. The van der Waals surface area contributed by atoms with Crippen molar-refractivity contribution in [1.29, 1.82) is 0 Å². The van der Waals surface area contributed by atoms with Gasteiger partial charge >= 0.3 is 0 Å². The van der Waals surface area contributed by atoms with E-state index in [1.54, 1.807) is 5.56 Å². The number of hydrogen-bond acceptors (Lipinski definition) is 1. The molecule has 1 heterocycles. The van der Waals surface area contributed by atoms with Crippen molar-refractivity contribution in [1.82, 2.24) is 5.32 Å². The van der Waals surface area contributed by atoms with E-state index in [4.69, 9.17) is 0 Å². The normalized spacial score (nSPS) is 17.7. The first-order chi connectivity index (χ1) is 7.68. The second-order valence-corrected chi connectivity index (χ2v) is 5.72. The molecule has 0 amide bonds. The van der Waals surface area contributed by atoms with Crippen molar-refractivity contribution in [2.45, 2.75) is 33.1 Å². The molecular weight excluding hydrogens is 262 g/mol. The Morgan fingerprint density at radius 2 is 1.94 bits per heavy atom. The van der Waals surface area contributed by atoms with Crippen molar-refractivity contribution in [3.63, 3.8) is 0 Å². The maximum atomic E-state index is 3.63. The number of nitrogens with one attached hydrogen (secondary N) is 1. The van der Waals surface area contributed by atoms with E-state index in [1.165, 1.54) is 48.0 Å². The Hall–Kier alpha value is -0.340. The molecule has 1 saturated heterocycles. The zero-order valence-electron chi connectivity index (χ0n) is 10.1. The van der Waals surface area contributed by atoms with E-state index in [0.29, 0.717) is 0 Å². The molecule has 1 aliphatic heterocycles. The van der Waals surface area contributed by atoms with Crippen molar-refractivity contribution in [2.24, 2.45) is 5.92 Å². The summed E-state index contributed by atoms with van der Waals surface area (Å²) in [5, 5.41) is 3.43. The topological polar surface area (TPSA) is 12.0 Å². The maximum Gasteiger partial charge on any atom is 0.0207 e. The second kappa shape index (κ2) is 5.33. The third-order valence-corrected chi connectivity index (χ3v) is 4.58. The van der Waals surface area contributed by atoms with E-state index < -0.39 is 0 Å². The van der Waals surface area contributed by atoms with Gasteiger partial charge in [-0.05, 0) is 74.9 Å². The predicted octanol–water partition coefficient (Wildman–Crippen LogP) is 3.61. The number of piperidine rings is 1. The van der Waals surface area contributed by atoms with Gasteiger partial charge in [0.2, 0.25) is 0 Å². The van der Waals surface area contributed by atoms with Crippen LogP contribution in [-0.4, -0.2) is 13.1 Å². The summed E-state index contributed by atoms with van der Waals surface area (Å²) in [6, 6.07) is 4.39. The second-order valence-electron chi connectivity index (χ2n) is 4.87. The molecule has 1 aromatic rings. The molecule has 1 nitrogen and oxygen atoms in total. The van der Waals surface area contributed by atoms with Crippen LogP contribution < -0.4 is 5.32 Å². The van der Waals surface area contributed by atoms with Crippen molar-refractivity contribution >= 4 is 15.9 Å². The van der Waals surface area contributed by atoms with Gasteiger partial charge in [-0.1, -0.05) is 22.0 Å². The van der Waals surface area contributed by atoms with Gasteiger partial charge in [-0.25, -0.2) is 0 Å². The highest BCUT2D eigenvalue weighted by Crippen LogP contribution is 2.27. The standard InChI is InChI=1S/C14H20BrN/c1-10-3-4-14(15)11(2)13(10)9-12-5-7-16-8-6-12/h3-4,12,16H,5-9H2,1-2H3. The molecule has 1 aromatic carbocycles. The summed E-state index contributed by atoms with van der Waals surface area (Å²) >= 11 is 3.63. The average molecular weight is 282 g/mol. The van der Waals surface area contributed by atoms with E-state index >= 15 is 0 Å². The van der Waals surface area contributed by atoms with E-state index in [1.807, 2.05) is 0 Å². The molecule has 0 saturated carbocycles. The molecule has 0 aliphatic carbocycles. The first kappa shape index (κ1) is 12.1. The van der Waals surface area contributed by atoms with Gasteiger partial charge in [0, 0.05) is 4.47 Å². The summed E-state index contributed by atoms with van der Waals surface area (Å²) in [4.78, 5) is 0. The van der Waals surface area contributed by atoms with Crippen molar-refractivity contribution in [3.8, 4) is 0 Å². The largest absolute Gasteiger partial charge is 0.317 e. The lowest BCUT2D eigenvalue weighted by atomic mass is 9.87. The van der Waals surface area contributed by atoms with Gasteiger partial charge in [0.05, 0.1) is 0 Å². The van der Waals surface area contributed by atoms with Gasteiger partial charge < -0.3 is 5.32 Å². The molecule has 1 N–H and O–H groups in total. The number of halogens is 1. The fourth-order valence-corrected chi connectivity index (χ4v) is 2.92. The van der Waals surface area contributed by atoms with Crippen LogP contribution in [0.1, 0.15) is 29.5 Å². The summed E-state index contributed by atoms with van der Waals surface area (Å²) in [5.41, 5.74) is 4.43. The summed E-state index contributed by atoms with van der Waals surface area (Å²) in [7, 11) is 0. The lowest BCUT2D eigenvalue weighted by Crippen LogP contribution is -2.28. The Balaban J connectivity index is 2.16. The van der Waals surface area contributed by atoms with Crippen molar-refractivity contribution in [3.05, 3.63) is 33.3 Å². The number of benzene rings is 1.